The third-order valence-electron chi connectivity index (χ3n) is 4.85. The topological polar surface area (TPSA) is 99.1 Å². The molecule has 30 heavy (non-hydrogen) atoms. The molecule has 2 aromatic carbocycles. The van der Waals surface area contributed by atoms with Crippen LogP contribution in [0, 0.1) is 0 Å². The highest BCUT2D eigenvalue weighted by Crippen LogP contribution is 2.22. The highest BCUT2D eigenvalue weighted by molar-refractivity contribution is 7.20. The third-order valence-corrected chi connectivity index (χ3v) is 6.06. The fraction of sp³-hybridized carbons (Fsp3) is 0.136. The van der Waals surface area contributed by atoms with E-state index in [1.807, 2.05) is 42.5 Å². The van der Waals surface area contributed by atoms with Gasteiger partial charge in [0.1, 0.15) is 4.83 Å². The van der Waals surface area contributed by atoms with E-state index in [1.54, 1.807) is 25.2 Å². The van der Waals surface area contributed by atoms with Crippen LogP contribution in [0.2, 0.25) is 0 Å². The zero-order valence-corrected chi connectivity index (χ0v) is 17.1. The summed E-state index contributed by atoms with van der Waals surface area (Å²) in [5.74, 6) is -0.297. The number of nitrogens with two attached hydrogens (primary N) is 1. The van der Waals surface area contributed by atoms with E-state index in [0.29, 0.717) is 27.3 Å². The number of carbonyl (C=O) groups excluding carboxylic acids is 1. The van der Waals surface area contributed by atoms with E-state index in [4.69, 9.17) is 5.73 Å². The SMILES string of the molecule is Cn1c(=O)n(Cc2ccccc2)c(=O)c2cc(C(=O)NCc3ccc(N)cc3)sc21. The van der Waals surface area contributed by atoms with Crippen LogP contribution in [-0.4, -0.2) is 15.0 Å². The summed E-state index contributed by atoms with van der Waals surface area (Å²) >= 11 is 1.13. The minimum atomic E-state index is -0.410. The minimum Gasteiger partial charge on any atom is -0.399 e. The number of benzene rings is 2. The number of aryl methyl sites for hydroxylation is 1. The largest absolute Gasteiger partial charge is 0.399 e. The molecule has 0 atom stereocenters. The van der Waals surface area contributed by atoms with Crippen molar-refractivity contribution in [3.63, 3.8) is 0 Å². The van der Waals surface area contributed by atoms with Gasteiger partial charge in [0.25, 0.3) is 11.5 Å². The zero-order chi connectivity index (χ0) is 21.3. The first-order chi connectivity index (χ1) is 14.4. The van der Waals surface area contributed by atoms with Gasteiger partial charge in [0.2, 0.25) is 0 Å². The Morgan fingerprint density at radius 1 is 1.03 bits per heavy atom. The Labute approximate surface area is 176 Å². The average molecular weight is 420 g/mol. The molecule has 1 amide bonds. The number of thiophene rings is 1. The number of aromatic nitrogens is 2. The normalized spacial score (nSPS) is 11.0. The number of nitrogen functional groups attached to an aromatic ring is 1. The quantitative estimate of drug-likeness (QED) is 0.484. The highest BCUT2D eigenvalue weighted by Gasteiger charge is 2.18. The summed E-state index contributed by atoms with van der Waals surface area (Å²) in [6.45, 7) is 0.515. The molecule has 0 aliphatic heterocycles. The summed E-state index contributed by atoms with van der Waals surface area (Å²) in [7, 11) is 1.61. The van der Waals surface area contributed by atoms with Gasteiger partial charge in [-0.3, -0.25) is 18.7 Å². The second-order valence-electron chi connectivity index (χ2n) is 6.97. The van der Waals surface area contributed by atoms with Crippen molar-refractivity contribution in [1.82, 2.24) is 14.5 Å². The predicted molar refractivity (Wildman–Crippen MR) is 119 cm³/mol. The van der Waals surface area contributed by atoms with E-state index < -0.39 is 11.2 Å². The van der Waals surface area contributed by atoms with Gasteiger partial charge >= 0.3 is 5.69 Å². The molecule has 0 saturated carbocycles. The molecule has 0 unspecified atom stereocenters. The molecule has 0 spiro atoms. The molecule has 152 valence electrons. The van der Waals surface area contributed by atoms with Crippen LogP contribution in [0.3, 0.4) is 0 Å². The summed E-state index contributed by atoms with van der Waals surface area (Å²) in [4.78, 5) is 39.2. The molecule has 0 bridgehead atoms. The lowest BCUT2D eigenvalue weighted by molar-refractivity contribution is 0.0955. The van der Waals surface area contributed by atoms with Crippen LogP contribution in [0.1, 0.15) is 20.8 Å². The van der Waals surface area contributed by atoms with Gasteiger partial charge in [-0.1, -0.05) is 42.5 Å². The molecule has 0 radical (unpaired) electrons. The first-order valence-electron chi connectivity index (χ1n) is 9.34. The number of hydrogen-bond acceptors (Lipinski definition) is 5. The maximum atomic E-state index is 13.0. The molecule has 0 fully saturated rings. The molecular formula is C22H20N4O3S. The monoisotopic (exact) mass is 420 g/mol. The predicted octanol–water partition coefficient (Wildman–Crippen LogP) is 2.32. The van der Waals surface area contributed by atoms with E-state index in [1.165, 1.54) is 9.13 Å². The summed E-state index contributed by atoms with van der Waals surface area (Å²) < 4.78 is 2.61. The van der Waals surface area contributed by atoms with Crippen LogP contribution >= 0.6 is 11.3 Å². The van der Waals surface area contributed by atoms with Gasteiger partial charge in [0.05, 0.1) is 16.8 Å². The minimum absolute atomic E-state index is 0.177. The van der Waals surface area contributed by atoms with E-state index in [-0.39, 0.29) is 12.5 Å². The van der Waals surface area contributed by atoms with Gasteiger partial charge in [-0.05, 0) is 29.3 Å². The second kappa shape index (κ2) is 8.00. The van der Waals surface area contributed by atoms with Crippen molar-refractivity contribution in [2.24, 2.45) is 7.05 Å². The van der Waals surface area contributed by atoms with Crippen molar-refractivity contribution in [3.8, 4) is 0 Å². The van der Waals surface area contributed by atoms with Crippen molar-refractivity contribution in [1.29, 1.82) is 0 Å². The molecule has 7 nitrogen and oxygen atoms in total. The van der Waals surface area contributed by atoms with Crippen molar-refractivity contribution in [2.75, 3.05) is 5.73 Å². The molecule has 4 aromatic rings. The van der Waals surface area contributed by atoms with Gasteiger partial charge in [-0.2, -0.15) is 0 Å². The molecule has 0 aliphatic rings. The Hall–Kier alpha value is -3.65. The van der Waals surface area contributed by atoms with Gasteiger partial charge in [0.15, 0.2) is 0 Å². The second-order valence-corrected chi connectivity index (χ2v) is 8.00. The van der Waals surface area contributed by atoms with E-state index >= 15 is 0 Å². The summed E-state index contributed by atoms with van der Waals surface area (Å²) in [5, 5.41) is 3.20. The Morgan fingerprint density at radius 3 is 2.43 bits per heavy atom. The van der Waals surface area contributed by atoms with E-state index in [2.05, 4.69) is 5.32 Å². The summed E-state index contributed by atoms with van der Waals surface area (Å²) in [6.07, 6.45) is 0. The van der Waals surface area contributed by atoms with Crippen LogP contribution in [0.15, 0.2) is 70.3 Å². The summed E-state index contributed by atoms with van der Waals surface area (Å²) in [5.41, 5.74) is 7.29. The van der Waals surface area contributed by atoms with Crippen molar-refractivity contribution in [3.05, 3.63) is 97.5 Å². The number of rotatable bonds is 5. The molecule has 0 saturated heterocycles. The molecule has 0 aliphatic carbocycles. The lowest BCUT2D eigenvalue weighted by Gasteiger charge is -2.08. The van der Waals surface area contributed by atoms with Gasteiger partial charge in [0, 0.05) is 19.3 Å². The van der Waals surface area contributed by atoms with Crippen molar-refractivity contribution in [2.45, 2.75) is 13.1 Å². The van der Waals surface area contributed by atoms with Crippen LogP contribution in [0.25, 0.3) is 10.2 Å². The molecule has 2 aromatic heterocycles. The Morgan fingerprint density at radius 2 is 1.73 bits per heavy atom. The smallest absolute Gasteiger partial charge is 0.332 e. The maximum absolute atomic E-state index is 13.0. The lowest BCUT2D eigenvalue weighted by Crippen LogP contribution is -2.38. The molecule has 8 heteroatoms. The fourth-order valence-electron chi connectivity index (χ4n) is 3.21. The van der Waals surface area contributed by atoms with E-state index in [9.17, 15) is 14.4 Å². The fourth-order valence-corrected chi connectivity index (χ4v) is 4.23. The van der Waals surface area contributed by atoms with Crippen molar-refractivity contribution < 1.29 is 4.79 Å². The number of fused-ring (bicyclic) bond motifs is 1. The first kappa shape index (κ1) is 19.7. The number of anilines is 1. The standard InChI is InChI=1S/C22H20N4O3S/c1-25-21-17(20(28)26(22(25)29)13-15-5-3-2-4-6-15)11-18(30-21)19(27)24-12-14-7-9-16(23)10-8-14/h2-11H,12-13,23H2,1H3,(H,24,27). The number of nitrogens with one attached hydrogen (secondary N) is 1. The highest BCUT2D eigenvalue weighted by atomic mass is 32.1. The van der Waals surface area contributed by atoms with Gasteiger partial charge in [-0.15, -0.1) is 11.3 Å². The van der Waals surface area contributed by atoms with E-state index in [0.717, 1.165) is 22.5 Å². The summed E-state index contributed by atoms with van der Waals surface area (Å²) in [6, 6.07) is 18.1. The third kappa shape index (κ3) is 3.77. The average Bonchev–Trinajstić information content (AvgIpc) is 3.21. The lowest BCUT2D eigenvalue weighted by atomic mass is 10.2. The number of hydrogen-bond donors (Lipinski definition) is 2. The van der Waals surface area contributed by atoms with Crippen LogP contribution in [-0.2, 0) is 20.1 Å². The maximum Gasteiger partial charge on any atom is 0.332 e. The van der Waals surface area contributed by atoms with Gasteiger partial charge < -0.3 is 11.1 Å². The van der Waals surface area contributed by atoms with Crippen LogP contribution in [0.5, 0.6) is 0 Å². The Balaban J connectivity index is 1.65. The number of amides is 1. The van der Waals surface area contributed by atoms with Gasteiger partial charge in [-0.25, -0.2) is 4.79 Å². The molecular weight excluding hydrogens is 400 g/mol. The Kier molecular flexibility index (Phi) is 5.24. The molecule has 2 heterocycles. The van der Waals surface area contributed by atoms with Crippen molar-refractivity contribution >= 4 is 33.1 Å². The van der Waals surface area contributed by atoms with Crippen LogP contribution in [0.4, 0.5) is 5.69 Å². The first-order valence-corrected chi connectivity index (χ1v) is 10.2. The van der Waals surface area contributed by atoms with Crippen LogP contribution < -0.4 is 22.3 Å². The number of carbonyl (C=O) groups is 1. The number of nitrogens with zero attached hydrogens (tertiary/aromatic N) is 2. The molecule has 4 rings (SSSR count). The molecule has 3 N–H and O–H groups in total. The Bertz CT molecular complexity index is 1340. The zero-order valence-electron chi connectivity index (χ0n) is 16.3.